The van der Waals surface area contributed by atoms with Crippen molar-refractivity contribution >= 4 is 23.3 Å². The predicted molar refractivity (Wildman–Crippen MR) is 73.5 cm³/mol. The van der Waals surface area contributed by atoms with Gasteiger partial charge in [-0.05, 0) is 31.0 Å². The Morgan fingerprint density at radius 2 is 2.25 bits per heavy atom. The molecular weight excluding hydrogens is 285 g/mol. The summed E-state index contributed by atoms with van der Waals surface area (Å²) in [6.07, 6.45) is 2.11. The molecule has 0 saturated heterocycles. The topological polar surface area (TPSA) is 78.9 Å². The fraction of sp³-hybridized carbons (Fsp3) is 0.385. The van der Waals surface area contributed by atoms with Crippen LogP contribution >= 0.6 is 11.6 Å². The minimum Gasteiger partial charge on any atom is -0.409 e. The molecule has 1 amide bonds. The maximum Gasteiger partial charge on any atom is 0.255 e. The van der Waals surface area contributed by atoms with Gasteiger partial charge in [0.25, 0.3) is 5.91 Å². The summed E-state index contributed by atoms with van der Waals surface area (Å²) < 4.78 is 13.0. The van der Waals surface area contributed by atoms with E-state index < -0.39 is 5.82 Å². The molecule has 0 spiro atoms. The van der Waals surface area contributed by atoms with Crippen molar-refractivity contribution in [1.29, 1.82) is 0 Å². The van der Waals surface area contributed by atoms with E-state index in [0.717, 1.165) is 18.9 Å². The van der Waals surface area contributed by atoms with E-state index in [1.807, 2.05) is 0 Å². The number of oxime groups is 1. The molecule has 0 heterocycles. The first-order valence-corrected chi connectivity index (χ1v) is 6.63. The molecule has 2 rings (SSSR count). The number of nitrogens with zero attached hydrogens (tertiary/aromatic N) is 2. The second-order valence-electron chi connectivity index (χ2n) is 4.70. The van der Waals surface area contributed by atoms with Gasteiger partial charge in [0, 0.05) is 19.0 Å². The van der Waals surface area contributed by atoms with E-state index in [2.05, 4.69) is 5.16 Å². The number of rotatable bonds is 5. The summed E-state index contributed by atoms with van der Waals surface area (Å²) >= 11 is 5.91. The average molecular weight is 300 g/mol. The number of amides is 1. The van der Waals surface area contributed by atoms with Crippen LogP contribution in [0.1, 0.15) is 29.6 Å². The summed E-state index contributed by atoms with van der Waals surface area (Å²) in [6.45, 7) is 0.340. The third-order valence-corrected chi connectivity index (χ3v) is 3.46. The Bertz CT molecular complexity index is 546. The second-order valence-corrected chi connectivity index (χ2v) is 5.10. The largest absolute Gasteiger partial charge is 0.409 e. The predicted octanol–water partition coefficient (Wildman–Crippen LogP) is 2.22. The minimum atomic E-state index is -0.485. The van der Waals surface area contributed by atoms with Crippen molar-refractivity contribution in [1.82, 2.24) is 4.90 Å². The molecule has 5 nitrogen and oxygen atoms in total. The van der Waals surface area contributed by atoms with Gasteiger partial charge in [0.15, 0.2) is 0 Å². The quantitative estimate of drug-likeness (QED) is 0.379. The monoisotopic (exact) mass is 299 g/mol. The standard InChI is InChI=1S/C13H15ClFN3O2/c14-11-7-8(15)1-4-10(11)13(19)18(9-2-3-9)6-5-12(16)17-20/h1,4,7,9,20H,2-3,5-6H2,(H2,16,17). The average Bonchev–Trinajstić information content (AvgIpc) is 3.23. The maximum absolute atomic E-state index is 13.0. The zero-order chi connectivity index (χ0) is 14.7. The number of carbonyl (C=O) groups is 1. The molecule has 1 aromatic rings. The lowest BCUT2D eigenvalue weighted by molar-refractivity contribution is 0.0747. The Morgan fingerprint density at radius 3 is 2.80 bits per heavy atom. The normalized spacial score (nSPS) is 15.2. The van der Waals surface area contributed by atoms with Crippen LogP contribution in [0.2, 0.25) is 5.02 Å². The third-order valence-electron chi connectivity index (χ3n) is 3.15. The fourth-order valence-corrected chi connectivity index (χ4v) is 2.19. The van der Waals surface area contributed by atoms with Gasteiger partial charge in [-0.25, -0.2) is 4.39 Å². The summed E-state index contributed by atoms with van der Waals surface area (Å²) in [7, 11) is 0. The van der Waals surface area contributed by atoms with Crippen LogP contribution in [-0.2, 0) is 0 Å². The minimum absolute atomic E-state index is 0.0636. The number of benzene rings is 1. The SMILES string of the molecule is NC(CCN(C(=O)c1ccc(F)cc1Cl)C1CC1)=NO. The maximum atomic E-state index is 13.0. The number of halogens is 2. The zero-order valence-electron chi connectivity index (χ0n) is 10.7. The van der Waals surface area contributed by atoms with Gasteiger partial charge in [-0.3, -0.25) is 4.79 Å². The van der Waals surface area contributed by atoms with Crippen LogP contribution in [-0.4, -0.2) is 34.4 Å². The summed E-state index contributed by atoms with van der Waals surface area (Å²) in [6, 6.07) is 3.84. The number of hydrogen-bond donors (Lipinski definition) is 2. The fourth-order valence-electron chi connectivity index (χ4n) is 1.94. The number of amidine groups is 1. The number of carbonyl (C=O) groups excluding carboxylic acids is 1. The summed E-state index contributed by atoms with van der Waals surface area (Å²) in [4.78, 5) is 14.1. The molecule has 1 aromatic carbocycles. The van der Waals surface area contributed by atoms with Gasteiger partial charge in [-0.2, -0.15) is 0 Å². The number of hydrogen-bond acceptors (Lipinski definition) is 3. The van der Waals surface area contributed by atoms with Crippen LogP contribution in [0.4, 0.5) is 4.39 Å². The van der Waals surface area contributed by atoms with Gasteiger partial charge in [-0.1, -0.05) is 16.8 Å². The highest BCUT2D eigenvalue weighted by atomic mass is 35.5. The lowest BCUT2D eigenvalue weighted by Crippen LogP contribution is -2.36. The van der Waals surface area contributed by atoms with E-state index in [0.29, 0.717) is 6.54 Å². The third kappa shape index (κ3) is 3.39. The lowest BCUT2D eigenvalue weighted by Gasteiger charge is -2.22. The van der Waals surface area contributed by atoms with E-state index in [-0.39, 0.29) is 34.8 Å². The van der Waals surface area contributed by atoms with E-state index >= 15 is 0 Å². The molecule has 0 atom stereocenters. The Kier molecular flexibility index (Phi) is 4.44. The highest BCUT2D eigenvalue weighted by molar-refractivity contribution is 6.33. The Morgan fingerprint density at radius 1 is 1.55 bits per heavy atom. The van der Waals surface area contributed by atoms with Crippen LogP contribution in [0.25, 0.3) is 0 Å². The van der Waals surface area contributed by atoms with Crippen molar-refractivity contribution in [3.8, 4) is 0 Å². The first-order chi connectivity index (χ1) is 9.52. The Balaban J connectivity index is 2.14. The molecule has 0 aliphatic heterocycles. The highest BCUT2D eigenvalue weighted by Crippen LogP contribution is 2.30. The molecule has 0 aromatic heterocycles. The first kappa shape index (κ1) is 14.6. The smallest absolute Gasteiger partial charge is 0.255 e. The Labute approximate surface area is 120 Å². The van der Waals surface area contributed by atoms with Crippen LogP contribution < -0.4 is 5.73 Å². The molecule has 3 N–H and O–H groups in total. The van der Waals surface area contributed by atoms with Crippen molar-refractivity contribution < 1.29 is 14.4 Å². The van der Waals surface area contributed by atoms with Gasteiger partial charge in [0.1, 0.15) is 11.7 Å². The molecule has 0 radical (unpaired) electrons. The molecular formula is C13H15ClFN3O2. The van der Waals surface area contributed by atoms with Crippen molar-refractivity contribution in [2.45, 2.75) is 25.3 Å². The second kappa shape index (κ2) is 6.09. The zero-order valence-corrected chi connectivity index (χ0v) is 11.5. The molecule has 7 heteroatoms. The summed E-state index contributed by atoms with van der Waals surface area (Å²) in [5.74, 6) is -0.682. The van der Waals surface area contributed by atoms with Crippen molar-refractivity contribution in [2.24, 2.45) is 10.9 Å². The van der Waals surface area contributed by atoms with Gasteiger partial charge in [0.05, 0.1) is 10.6 Å². The van der Waals surface area contributed by atoms with Gasteiger partial charge in [0.2, 0.25) is 0 Å². The Hall–Kier alpha value is -1.82. The van der Waals surface area contributed by atoms with E-state index in [1.54, 1.807) is 4.90 Å². The summed E-state index contributed by atoms with van der Waals surface area (Å²) in [5.41, 5.74) is 5.68. The molecule has 1 aliphatic carbocycles. The molecule has 1 fully saturated rings. The van der Waals surface area contributed by atoms with Crippen LogP contribution in [0.5, 0.6) is 0 Å². The molecule has 0 bridgehead atoms. The molecule has 1 aliphatic rings. The van der Waals surface area contributed by atoms with Crippen molar-refractivity contribution in [2.75, 3.05) is 6.54 Å². The lowest BCUT2D eigenvalue weighted by atomic mass is 10.2. The van der Waals surface area contributed by atoms with Crippen LogP contribution in [0.15, 0.2) is 23.4 Å². The van der Waals surface area contributed by atoms with Gasteiger partial charge >= 0.3 is 0 Å². The van der Waals surface area contributed by atoms with Crippen LogP contribution in [0.3, 0.4) is 0 Å². The van der Waals surface area contributed by atoms with Gasteiger partial charge in [-0.15, -0.1) is 0 Å². The van der Waals surface area contributed by atoms with E-state index in [1.165, 1.54) is 12.1 Å². The van der Waals surface area contributed by atoms with E-state index in [4.69, 9.17) is 22.5 Å². The molecule has 108 valence electrons. The summed E-state index contributed by atoms with van der Waals surface area (Å²) in [5, 5.41) is 11.5. The first-order valence-electron chi connectivity index (χ1n) is 6.25. The van der Waals surface area contributed by atoms with Gasteiger partial charge < -0.3 is 15.8 Å². The van der Waals surface area contributed by atoms with E-state index in [9.17, 15) is 9.18 Å². The number of nitrogens with two attached hydrogens (primary N) is 1. The van der Waals surface area contributed by atoms with Crippen LogP contribution in [0, 0.1) is 5.82 Å². The van der Waals surface area contributed by atoms with Crippen molar-refractivity contribution in [3.63, 3.8) is 0 Å². The molecule has 20 heavy (non-hydrogen) atoms. The molecule has 1 saturated carbocycles. The molecule has 0 unspecified atom stereocenters. The van der Waals surface area contributed by atoms with Crippen molar-refractivity contribution in [3.05, 3.63) is 34.6 Å². The highest BCUT2D eigenvalue weighted by Gasteiger charge is 2.33.